The molecule has 0 fully saturated rings. The summed E-state index contributed by atoms with van der Waals surface area (Å²) in [5.41, 5.74) is 0. The minimum atomic E-state index is -0.639. The van der Waals surface area contributed by atoms with Crippen LogP contribution in [-0.2, 0) is 28.5 Å². The molecule has 7 heteroatoms. The molecule has 0 aromatic rings. The standard InChI is InChI=1S/C11H21NO6/c1-10(12-9-13)11(14)18-8-7-17-6-5-16-4-3-15-2/h9-10H,3-8H2,1-2H3,(H,12,13). The number of carbonyl (C=O) groups excluding carboxylic acids is 2. The van der Waals surface area contributed by atoms with E-state index in [2.05, 4.69) is 5.32 Å². The van der Waals surface area contributed by atoms with E-state index in [1.54, 1.807) is 14.0 Å². The zero-order chi connectivity index (χ0) is 13.6. The Hall–Kier alpha value is -1.18. The average Bonchev–Trinajstić information content (AvgIpc) is 2.36. The first kappa shape index (κ1) is 16.8. The Morgan fingerprint density at radius 3 is 2.22 bits per heavy atom. The molecule has 0 bridgehead atoms. The molecular formula is C11H21NO6. The van der Waals surface area contributed by atoms with Crippen LogP contribution >= 0.6 is 0 Å². The Balaban J connectivity index is 3.24. The number of methoxy groups -OCH3 is 1. The highest BCUT2D eigenvalue weighted by Crippen LogP contribution is 1.87. The van der Waals surface area contributed by atoms with Crippen LogP contribution in [0, 0.1) is 0 Å². The van der Waals surface area contributed by atoms with E-state index in [4.69, 9.17) is 18.9 Å². The third-order valence-corrected chi connectivity index (χ3v) is 1.95. The van der Waals surface area contributed by atoms with E-state index in [-0.39, 0.29) is 6.61 Å². The van der Waals surface area contributed by atoms with Gasteiger partial charge in [-0.05, 0) is 6.92 Å². The molecule has 106 valence electrons. The Morgan fingerprint density at radius 1 is 1.11 bits per heavy atom. The van der Waals surface area contributed by atoms with Crippen molar-refractivity contribution in [2.24, 2.45) is 0 Å². The van der Waals surface area contributed by atoms with E-state index in [9.17, 15) is 9.59 Å². The van der Waals surface area contributed by atoms with E-state index in [0.29, 0.717) is 39.4 Å². The average molecular weight is 263 g/mol. The third-order valence-electron chi connectivity index (χ3n) is 1.95. The quantitative estimate of drug-likeness (QED) is 0.286. The van der Waals surface area contributed by atoms with Gasteiger partial charge in [0.25, 0.3) is 0 Å². The molecule has 1 amide bonds. The minimum Gasteiger partial charge on any atom is -0.462 e. The molecule has 0 aliphatic rings. The van der Waals surface area contributed by atoms with E-state index in [1.807, 2.05) is 0 Å². The maximum Gasteiger partial charge on any atom is 0.328 e. The van der Waals surface area contributed by atoms with Crippen LogP contribution in [0.1, 0.15) is 6.92 Å². The molecule has 0 heterocycles. The Kier molecular flexibility index (Phi) is 11.5. The van der Waals surface area contributed by atoms with Gasteiger partial charge < -0.3 is 24.3 Å². The molecule has 0 aromatic heterocycles. The predicted octanol–water partition coefficient (Wildman–Crippen LogP) is -0.656. The van der Waals surface area contributed by atoms with E-state index in [0.717, 1.165) is 0 Å². The Morgan fingerprint density at radius 2 is 1.67 bits per heavy atom. The summed E-state index contributed by atoms with van der Waals surface area (Å²) in [5.74, 6) is -0.484. The normalized spacial score (nSPS) is 11.9. The number of amides is 1. The molecular weight excluding hydrogens is 242 g/mol. The van der Waals surface area contributed by atoms with Crippen LogP contribution in [-0.4, -0.2) is 65.2 Å². The first-order valence-electron chi connectivity index (χ1n) is 5.73. The lowest BCUT2D eigenvalue weighted by Crippen LogP contribution is -2.34. The highest BCUT2D eigenvalue weighted by Gasteiger charge is 2.12. The van der Waals surface area contributed by atoms with Crippen LogP contribution in [0.15, 0.2) is 0 Å². The van der Waals surface area contributed by atoms with Crippen LogP contribution in [0.4, 0.5) is 0 Å². The third kappa shape index (κ3) is 10.0. The lowest BCUT2D eigenvalue weighted by Gasteiger charge is -2.10. The van der Waals surface area contributed by atoms with E-state index >= 15 is 0 Å². The van der Waals surface area contributed by atoms with Gasteiger partial charge in [-0.1, -0.05) is 0 Å². The first-order valence-corrected chi connectivity index (χ1v) is 5.73. The van der Waals surface area contributed by atoms with Crippen molar-refractivity contribution in [3.8, 4) is 0 Å². The second kappa shape index (κ2) is 12.3. The first-order chi connectivity index (χ1) is 8.72. The van der Waals surface area contributed by atoms with E-state index in [1.165, 1.54) is 0 Å². The number of esters is 1. The molecule has 1 N–H and O–H groups in total. The molecule has 7 nitrogen and oxygen atoms in total. The summed E-state index contributed by atoms with van der Waals surface area (Å²) in [6.45, 7) is 3.99. The SMILES string of the molecule is COCCOCCOCCOC(=O)C(C)NC=O. The molecule has 0 spiro atoms. The topological polar surface area (TPSA) is 83.1 Å². The number of nitrogens with one attached hydrogen (secondary N) is 1. The molecule has 0 saturated carbocycles. The predicted molar refractivity (Wildman–Crippen MR) is 63.1 cm³/mol. The van der Waals surface area contributed by atoms with Crippen LogP contribution in [0.2, 0.25) is 0 Å². The fourth-order valence-electron chi connectivity index (χ4n) is 0.961. The molecule has 0 aliphatic heterocycles. The summed E-state index contributed by atoms with van der Waals surface area (Å²) in [6.07, 6.45) is 0.458. The van der Waals surface area contributed by atoms with Gasteiger partial charge in [-0.3, -0.25) is 4.79 Å². The zero-order valence-corrected chi connectivity index (χ0v) is 10.8. The van der Waals surface area contributed by atoms with Crippen molar-refractivity contribution in [3.63, 3.8) is 0 Å². The Bertz CT molecular complexity index is 224. The second-order valence-corrected chi connectivity index (χ2v) is 3.39. The smallest absolute Gasteiger partial charge is 0.328 e. The molecule has 0 radical (unpaired) electrons. The summed E-state index contributed by atoms with van der Waals surface area (Å²) in [7, 11) is 1.61. The van der Waals surface area contributed by atoms with Gasteiger partial charge in [0.2, 0.25) is 6.41 Å². The summed E-state index contributed by atoms with van der Waals surface area (Å²) < 4.78 is 20.0. The minimum absolute atomic E-state index is 0.155. The van der Waals surface area contributed by atoms with Crippen LogP contribution in [0.25, 0.3) is 0 Å². The van der Waals surface area contributed by atoms with Gasteiger partial charge in [-0.2, -0.15) is 0 Å². The van der Waals surface area contributed by atoms with Crippen LogP contribution in [0.3, 0.4) is 0 Å². The molecule has 1 unspecified atom stereocenters. The number of ether oxygens (including phenoxy) is 4. The van der Waals surface area contributed by atoms with Gasteiger partial charge in [-0.15, -0.1) is 0 Å². The van der Waals surface area contributed by atoms with Gasteiger partial charge in [0, 0.05) is 7.11 Å². The van der Waals surface area contributed by atoms with Crippen molar-refractivity contribution in [1.29, 1.82) is 0 Å². The van der Waals surface area contributed by atoms with Crippen molar-refractivity contribution in [1.82, 2.24) is 5.32 Å². The lowest BCUT2D eigenvalue weighted by atomic mass is 10.3. The highest BCUT2D eigenvalue weighted by atomic mass is 16.6. The van der Waals surface area contributed by atoms with Crippen LogP contribution < -0.4 is 5.32 Å². The maximum absolute atomic E-state index is 11.2. The summed E-state index contributed by atoms with van der Waals surface area (Å²) >= 11 is 0. The molecule has 0 rings (SSSR count). The fourth-order valence-corrected chi connectivity index (χ4v) is 0.961. The molecule has 1 atom stereocenters. The summed E-state index contributed by atoms with van der Waals surface area (Å²) in [5, 5.41) is 2.30. The van der Waals surface area contributed by atoms with Gasteiger partial charge in [0.05, 0.1) is 33.0 Å². The van der Waals surface area contributed by atoms with Crippen molar-refractivity contribution in [2.75, 3.05) is 46.8 Å². The maximum atomic E-state index is 11.2. The molecule has 0 aromatic carbocycles. The largest absolute Gasteiger partial charge is 0.462 e. The summed E-state index contributed by atoms with van der Waals surface area (Å²) in [4.78, 5) is 21.3. The molecule has 18 heavy (non-hydrogen) atoms. The lowest BCUT2D eigenvalue weighted by molar-refractivity contribution is -0.148. The van der Waals surface area contributed by atoms with Crippen molar-refractivity contribution in [3.05, 3.63) is 0 Å². The second-order valence-electron chi connectivity index (χ2n) is 3.39. The van der Waals surface area contributed by atoms with Gasteiger partial charge >= 0.3 is 5.97 Å². The van der Waals surface area contributed by atoms with Gasteiger partial charge in [0.1, 0.15) is 12.6 Å². The zero-order valence-electron chi connectivity index (χ0n) is 10.8. The highest BCUT2D eigenvalue weighted by molar-refractivity contribution is 5.77. The van der Waals surface area contributed by atoms with Crippen molar-refractivity contribution < 1.29 is 28.5 Å². The monoisotopic (exact) mass is 263 g/mol. The Labute approximate surface area is 107 Å². The van der Waals surface area contributed by atoms with Crippen molar-refractivity contribution >= 4 is 12.4 Å². The van der Waals surface area contributed by atoms with Crippen LogP contribution in [0.5, 0.6) is 0 Å². The van der Waals surface area contributed by atoms with E-state index < -0.39 is 12.0 Å². The number of hydrogen-bond acceptors (Lipinski definition) is 6. The van der Waals surface area contributed by atoms with Gasteiger partial charge in [0.15, 0.2) is 0 Å². The molecule has 0 aliphatic carbocycles. The molecule has 0 saturated heterocycles. The fraction of sp³-hybridized carbons (Fsp3) is 0.818. The van der Waals surface area contributed by atoms with Crippen molar-refractivity contribution in [2.45, 2.75) is 13.0 Å². The number of rotatable bonds is 12. The number of carbonyl (C=O) groups is 2. The number of hydrogen-bond donors (Lipinski definition) is 1. The van der Waals surface area contributed by atoms with Gasteiger partial charge in [-0.25, -0.2) is 4.79 Å². The summed E-state index contributed by atoms with van der Waals surface area (Å²) in [6, 6.07) is -0.639.